The van der Waals surface area contributed by atoms with E-state index in [0.717, 1.165) is 61.7 Å². The Hall–Kier alpha value is -1.31. The van der Waals surface area contributed by atoms with Crippen molar-refractivity contribution < 1.29 is 0 Å². The van der Waals surface area contributed by atoms with E-state index in [4.69, 9.17) is 4.99 Å². The standard InChI is InChI=1S/C19H29N5.HI/c1-4-20-19(24-12-15(2)11-16(3)13-24)21-9-8-17-14-23-10-6-5-7-18(23)22-17;/h5-7,10,14-16H,4,8-9,11-13H2,1-3H3,(H,20,21);1H. The fourth-order valence-corrected chi connectivity index (χ4v) is 3.65. The maximum Gasteiger partial charge on any atom is 0.193 e. The molecule has 25 heavy (non-hydrogen) atoms. The predicted molar refractivity (Wildman–Crippen MR) is 115 cm³/mol. The molecular formula is C19H30IN5. The van der Waals surface area contributed by atoms with Gasteiger partial charge in [0.2, 0.25) is 0 Å². The first-order chi connectivity index (χ1) is 11.7. The second-order valence-corrected chi connectivity index (χ2v) is 7.04. The molecular weight excluding hydrogens is 425 g/mol. The van der Waals surface area contributed by atoms with Crippen LogP contribution >= 0.6 is 24.0 Å². The molecule has 0 radical (unpaired) electrons. The lowest BCUT2D eigenvalue weighted by Crippen LogP contribution is -2.48. The van der Waals surface area contributed by atoms with Crippen LogP contribution in [0.15, 0.2) is 35.6 Å². The Morgan fingerprint density at radius 1 is 1.28 bits per heavy atom. The van der Waals surface area contributed by atoms with Crippen LogP contribution in [0.3, 0.4) is 0 Å². The van der Waals surface area contributed by atoms with E-state index >= 15 is 0 Å². The number of guanidine groups is 1. The van der Waals surface area contributed by atoms with E-state index in [9.17, 15) is 0 Å². The zero-order valence-electron chi connectivity index (χ0n) is 15.5. The first-order valence-corrected chi connectivity index (χ1v) is 9.11. The van der Waals surface area contributed by atoms with E-state index in [2.05, 4.69) is 46.6 Å². The van der Waals surface area contributed by atoms with Crippen molar-refractivity contribution in [3.8, 4) is 0 Å². The smallest absolute Gasteiger partial charge is 0.193 e. The summed E-state index contributed by atoms with van der Waals surface area (Å²) in [6.45, 7) is 10.7. The molecule has 1 aliphatic rings. The second kappa shape index (κ2) is 9.40. The van der Waals surface area contributed by atoms with Gasteiger partial charge in [-0.2, -0.15) is 0 Å². The van der Waals surface area contributed by atoms with Crippen molar-refractivity contribution >= 4 is 35.6 Å². The highest BCUT2D eigenvalue weighted by Gasteiger charge is 2.23. The van der Waals surface area contributed by atoms with Gasteiger partial charge in [-0.05, 0) is 37.3 Å². The molecule has 6 heteroatoms. The van der Waals surface area contributed by atoms with Crippen LogP contribution in [-0.4, -0.2) is 46.4 Å². The van der Waals surface area contributed by atoms with E-state index in [1.54, 1.807) is 0 Å². The first kappa shape index (κ1) is 20.0. The minimum Gasteiger partial charge on any atom is -0.357 e. The summed E-state index contributed by atoms with van der Waals surface area (Å²) in [5.74, 6) is 2.52. The number of likely N-dealkylation sites (tertiary alicyclic amines) is 1. The summed E-state index contributed by atoms with van der Waals surface area (Å²) in [5, 5.41) is 3.46. The summed E-state index contributed by atoms with van der Waals surface area (Å²) in [6.07, 6.45) is 6.32. The summed E-state index contributed by atoms with van der Waals surface area (Å²) in [4.78, 5) is 11.9. The number of piperidine rings is 1. The van der Waals surface area contributed by atoms with Crippen molar-refractivity contribution in [2.45, 2.75) is 33.6 Å². The minimum absolute atomic E-state index is 0. The molecule has 0 aliphatic carbocycles. The minimum atomic E-state index is 0. The van der Waals surface area contributed by atoms with Gasteiger partial charge in [0.05, 0.1) is 5.69 Å². The Kier molecular flexibility index (Phi) is 7.53. The third-order valence-electron chi connectivity index (χ3n) is 4.55. The van der Waals surface area contributed by atoms with Gasteiger partial charge in [-0.1, -0.05) is 19.9 Å². The lowest BCUT2D eigenvalue weighted by atomic mass is 9.92. The van der Waals surface area contributed by atoms with Crippen LogP contribution in [0.2, 0.25) is 0 Å². The molecule has 2 aromatic heterocycles. The molecule has 0 amide bonds. The highest BCUT2D eigenvalue weighted by molar-refractivity contribution is 14.0. The van der Waals surface area contributed by atoms with Gasteiger partial charge >= 0.3 is 0 Å². The summed E-state index contributed by atoms with van der Waals surface area (Å²) < 4.78 is 2.07. The number of imidazole rings is 1. The fourth-order valence-electron chi connectivity index (χ4n) is 3.65. The Labute approximate surface area is 167 Å². The Morgan fingerprint density at radius 3 is 2.72 bits per heavy atom. The molecule has 2 aromatic rings. The number of hydrogen-bond acceptors (Lipinski definition) is 2. The molecule has 0 aromatic carbocycles. The van der Waals surface area contributed by atoms with E-state index in [1.807, 2.05) is 24.4 Å². The van der Waals surface area contributed by atoms with Crippen LogP contribution in [0.1, 0.15) is 32.9 Å². The van der Waals surface area contributed by atoms with Crippen LogP contribution in [-0.2, 0) is 6.42 Å². The number of hydrogen-bond donors (Lipinski definition) is 1. The number of nitrogens with zero attached hydrogens (tertiary/aromatic N) is 4. The summed E-state index contributed by atoms with van der Waals surface area (Å²) in [5.41, 5.74) is 2.10. The van der Waals surface area contributed by atoms with E-state index < -0.39 is 0 Å². The number of pyridine rings is 1. The van der Waals surface area contributed by atoms with Crippen LogP contribution in [0.5, 0.6) is 0 Å². The molecule has 3 heterocycles. The van der Waals surface area contributed by atoms with Gasteiger partial charge in [-0.3, -0.25) is 4.99 Å². The molecule has 1 aliphatic heterocycles. The van der Waals surface area contributed by atoms with Gasteiger partial charge in [0.1, 0.15) is 5.65 Å². The monoisotopic (exact) mass is 455 g/mol. The predicted octanol–water partition coefficient (Wildman–Crippen LogP) is 3.44. The number of aromatic nitrogens is 2. The molecule has 1 fully saturated rings. The molecule has 138 valence electrons. The molecule has 2 atom stereocenters. The van der Waals surface area contributed by atoms with Gasteiger partial charge in [-0.25, -0.2) is 4.98 Å². The van der Waals surface area contributed by atoms with Gasteiger partial charge in [0, 0.05) is 45.0 Å². The number of aliphatic imine (C=N–C) groups is 1. The number of halogens is 1. The lowest BCUT2D eigenvalue weighted by molar-refractivity contribution is 0.208. The Balaban J connectivity index is 0.00000225. The third-order valence-corrected chi connectivity index (χ3v) is 4.55. The fraction of sp³-hybridized carbons (Fsp3) is 0.579. The van der Waals surface area contributed by atoms with Crippen molar-refractivity contribution in [1.29, 1.82) is 0 Å². The van der Waals surface area contributed by atoms with E-state index in [1.165, 1.54) is 6.42 Å². The average molecular weight is 455 g/mol. The average Bonchev–Trinajstić information content (AvgIpc) is 2.96. The topological polar surface area (TPSA) is 44.9 Å². The molecule has 0 spiro atoms. The Morgan fingerprint density at radius 2 is 2.04 bits per heavy atom. The van der Waals surface area contributed by atoms with Gasteiger partial charge < -0.3 is 14.6 Å². The van der Waals surface area contributed by atoms with E-state index in [0.29, 0.717) is 0 Å². The number of fused-ring (bicyclic) bond motifs is 1. The number of rotatable bonds is 4. The quantitative estimate of drug-likeness (QED) is 0.437. The van der Waals surface area contributed by atoms with Gasteiger partial charge in [-0.15, -0.1) is 24.0 Å². The third kappa shape index (κ3) is 5.33. The largest absolute Gasteiger partial charge is 0.357 e. The van der Waals surface area contributed by atoms with Crippen LogP contribution < -0.4 is 5.32 Å². The van der Waals surface area contributed by atoms with Crippen molar-refractivity contribution in [2.24, 2.45) is 16.8 Å². The lowest BCUT2D eigenvalue weighted by Gasteiger charge is -2.37. The summed E-state index contributed by atoms with van der Waals surface area (Å²) >= 11 is 0. The maximum atomic E-state index is 4.85. The highest BCUT2D eigenvalue weighted by Crippen LogP contribution is 2.20. The molecule has 2 unspecified atom stereocenters. The first-order valence-electron chi connectivity index (χ1n) is 9.11. The van der Waals surface area contributed by atoms with Crippen molar-refractivity contribution in [3.05, 3.63) is 36.3 Å². The SMILES string of the molecule is CCNC(=NCCc1cn2ccccc2n1)N1CC(C)CC(C)C1.I. The molecule has 0 saturated carbocycles. The van der Waals surface area contributed by atoms with Crippen LogP contribution in [0.25, 0.3) is 5.65 Å². The van der Waals surface area contributed by atoms with Crippen molar-refractivity contribution in [1.82, 2.24) is 19.6 Å². The maximum absolute atomic E-state index is 4.85. The van der Waals surface area contributed by atoms with Crippen molar-refractivity contribution in [3.63, 3.8) is 0 Å². The molecule has 1 saturated heterocycles. The van der Waals surface area contributed by atoms with Gasteiger partial charge in [0.15, 0.2) is 5.96 Å². The molecule has 0 bridgehead atoms. The van der Waals surface area contributed by atoms with Gasteiger partial charge in [0.25, 0.3) is 0 Å². The van der Waals surface area contributed by atoms with Crippen LogP contribution in [0.4, 0.5) is 0 Å². The molecule has 1 N–H and O–H groups in total. The summed E-state index contributed by atoms with van der Waals surface area (Å²) in [7, 11) is 0. The normalized spacial score (nSPS) is 21.2. The zero-order valence-corrected chi connectivity index (χ0v) is 17.8. The van der Waals surface area contributed by atoms with Crippen molar-refractivity contribution in [2.75, 3.05) is 26.2 Å². The number of nitrogens with one attached hydrogen (secondary N) is 1. The Bertz CT molecular complexity index is 653. The van der Waals surface area contributed by atoms with E-state index in [-0.39, 0.29) is 24.0 Å². The molecule has 3 rings (SSSR count). The highest BCUT2D eigenvalue weighted by atomic mass is 127. The molecule has 5 nitrogen and oxygen atoms in total. The zero-order chi connectivity index (χ0) is 16.9. The second-order valence-electron chi connectivity index (χ2n) is 7.04. The van der Waals surface area contributed by atoms with Crippen LogP contribution in [0, 0.1) is 11.8 Å². The summed E-state index contributed by atoms with van der Waals surface area (Å²) in [6, 6.07) is 6.08.